The molecule has 0 aliphatic rings. The third kappa shape index (κ3) is 5.09. The minimum absolute atomic E-state index is 0.216. The molecule has 0 spiro atoms. The third-order valence-corrected chi connectivity index (χ3v) is 4.40. The maximum atomic E-state index is 12.1. The van der Waals surface area contributed by atoms with Gasteiger partial charge >= 0.3 is 0 Å². The number of carbonyl (C=O) groups is 1. The third-order valence-electron chi connectivity index (χ3n) is 4.14. The predicted octanol–water partition coefficient (Wildman–Crippen LogP) is 4.71. The normalized spacial score (nSPS) is 10.8. The van der Waals surface area contributed by atoms with Gasteiger partial charge in [-0.2, -0.15) is 0 Å². The van der Waals surface area contributed by atoms with E-state index < -0.39 is 0 Å². The van der Waals surface area contributed by atoms with Crippen LogP contribution in [0.25, 0.3) is 11.9 Å². The molecule has 0 saturated carbocycles. The molecule has 7 nitrogen and oxygen atoms in total. The summed E-state index contributed by atoms with van der Waals surface area (Å²) in [4.78, 5) is 24.6. The van der Waals surface area contributed by atoms with Gasteiger partial charge in [-0.3, -0.25) is 9.36 Å². The molecular formula is C22H17ClN6O. The monoisotopic (exact) mass is 416 g/mol. The second kappa shape index (κ2) is 9.02. The number of amides is 1. The lowest BCUT2D eigenvalue weighted by Gasteiger charge is -2.08. The summed E-state index contributed by atoms with van der Waals surface area (Å²) in [7, 11) is 0. The second-order valence-electron chi connectivity index (χ2n) is 6.31. The fourth-order valence-corrected chi connectivity index (χ4v) is 2.79. The Balaban J connectivity index is 1.36. The van der Waals surface area contributed by atoms with Crippen LogP contribution in [-0.4, -0.2) is 25.4 Å². The van der Waals surface area contributed by atoms with Crippen LogP contribution in [0.1, 0.15) is 5.56 Å². The molecule has 1 amide bonds. The van der Waals surface area contributed by atoms with E-state index in [2.05, 4.69) is 25.6 Å². The maximum Gasteiger partial charge on any atom is 0.248 e. The highest BCUT2D eigenvalue weighted by Gasteiger charge is 2.03. The van der Waals surface area contributed by atoms with Crippen molar-refractivity contribution in [1.82, 2.24) is 19.5 Å². The van der Waals surface area contributed by atoms with Gasteiger partial charge in [-0.25, -0.2) is 15.0 Å². The first-order valence-corrected chi connectivity index (χ1v) is 9.46. The zero-order valence-corrected chi connectivity index (χ0v) is 16.5. The van der Waals surface area contributed by atoms with E-state index in [1.54, 1.807) is 35.3 Å². The van der Waals surface area contributed by atoms with Crippen molar-refractivity contribution in [3.63, 3.8) is 0 Å². The van der Waals surface area contributed by atoms with Crippen LogP contribution >= 0.6 is 11.6 Å². The number of hydrogen-bond donors (Lipinski definition) is 2. The molecule has 0 aliphatic carbocycles. The van der Waals surface area contributed by atoms with Gasteiger partial charge in [-0.15, -0.1) is 0 Å². The maximum absolute atomic E-state index is 12.1. The standard InChI is InChI=1S/C22H17ClN6O/c23-17-4-1-16(2-5-17)3-10-22(30)28-19-8-6-18(7-9-19)27-20-13-21(26-14-25-20)29-12-11-24-15-29/h1-15H,(H,28,30)(H,25,26,27)/b10-3+. The van der Waals surface area contributed by atoms with E-state index in [1.165, 1.54) is 12.4 Å². The van der Waals surface area contributed by atoms with Gasteiger partial charge in [0.05, 0.1) is 0 Å². The van der Waals surface area contributed by atoms with Gasteiger partial charge in [0.1, 0.15) is 24.3 Å². The van der Waals surface area contributed by atoms with Gasteiger partial charge in [0, 0.05) is 40.9 Å². The lowest BCUT2D eigenvalue weighted by atomic mass is 10.2. The van der Waals surface area contributed by atoms with Crippen molar-refractivity contribution in [1.29, 1.82) is 0 Å². The number of carbonyl (C=O) groups excluding carboxylic acids is 1. The highest BCUT2D eigenvalue weighted by Crippen LogP contribution is 2.19. The number of anilines is 3. The smallest absolute Gasteiger partial charge is 0.248 e. The summed E-state index contributed by atoms with van der Waals surface area (Å²) in [6.45, 7) is 0. The number of nitrogens with one attached hydrogen (secondary N) is 2. The van der Waals surface area contributed by atoms with Gasteiger partial charge in [0.15, 0.2) is 0 Å². The Labute approximate surface area is 178 Å². The van der Waals surface area contributed by atoms with Crippen molar-refractivity contribution in [2.24, 2.45) is 0 Å². The predicted molar refractivity (Wildman–Crippen MR) is 118 cm³/mol. The summed E-state index contributed by atoms with van der Waals surface area (Å²) in [5.74, 6) is 1.14. The Morgan fingerprint density at radius 3 is 2.50 bits per heavy atom. The number of nitrogens with zero attached hydrogens (tertiary/aromatic N) is 4. The summed E-state index contributed by atoms with van der Waals surface area (Å²) in [6, 6.07) is 16.4. The first-order valence-electron chi connectivity index (χ1n) is 9.08. The van der Waals surface area contributed by atoms with E-state index in [1.807, 2.05) is 48.7 Å². The fourth-order valence-electron chi connectivity index (χ4n) is 2.67. The Bertz CT molecular complexity index is 1160. The molecule has 0 aliphatic heterocycles. The van der Waals surface area contributed by atoms with Gasteiger partial charge in [-0.1, -0.05) is 23.7 Å². The Hall–Kier alpha value is -3.97. The first kappa shape index (κ1) is 19.4. The van der Waals surface area contributed by atoms with Crippen LogP contribution in [0.5, 0.6) is 0 Å². The molecule has 148 valence electrons. The van der Waals surface area contributed by atoms with Crippen molar-refractivity contribution >= 4 is 40.8 Å². The molecule has 2 aromatic carbocycles. The summed E-state index contributed by atoms with van der Waals surface area (Å²) in [5.41, 5.74) is 2.42. The van der Waals surface area contributed by atoms with Crippen molar-refractivity contribution in [2.45, 2.75) is 0 Å². The Kier molecular flexibility index (Phi) is 5.82. The average Bonchev–Trinajstić information content (AvgIpc) is 3.30. The highest BCUT2D eigenvalue weighted by molar-refractivity contribution is 6.30. The van der Waals surface area contributed by atoms with Crippen LogP contribution in [0.15, 0.2) is 85.7 Å². The van der Waals surface area contributed by atoms with Crippen LogP contribution in [0.2, 0.25) is 5.02 Å². The molecule has 8 heteroatoms. The summed E-state index contributed by atoms with van der Waals surface area (Å²) < 4.78 is 1.79. The van der Waals surface area contributed by atoms with Crippen LogP contribution in [0, 0.1) is 0 Å². The molecule has 2 N–H and O–H groups in total. The van der Waals surface area contributed by atoms with Crippen LogP contribution in [-0.2, 0) is 4.79 Å². The molecule has 0 bridgehead atoms. The SMILES string of the molecule is O=C(/C=C/c1ccc(Cl)cc1)Nc1ccc(Nc2cc(-n3ccnc3)ncn2)cc1. The lowest BCUT2D eigenvalue weighted by Crippen LogP contribution is -2.07. The molecule has 0 saturated heterocycles. The molecule has 4 aromatic rings. The van der Waals surface area contributed by atoms with Crippen molar-refractivity contribution in [3.05, 3.63) is 96.3 Å². The van der Waals surface area contributed by atoms with Crippen LogP contribution in [0.4, 0.5) is 17.2 Å². The van der Waals surface area contributed by atoms with Crippen LogP contribution < -0.4 is 10.6 Å². The van der Waals surface area contributed by atoms with Crippen molar-refractivity contribution in [2.75, 3.05) is 10.6 Å². The average molecular weight is 417 g/mol. The highest BCUT2D eigenvalue weighted by atomic mass is 35.5. The van der Waals surface area contributed by atoms with Crippen molar-refractivity contribution in [3.8, 4) is 5.82 Å². The summed E-state index contributed by atoms with van der Waals surface area (Å²) >= 11 is 5.86. The van der Waals surface area contributed by atoms with Gasteiger partial charge < -0.3 is 10.6 Å². The molecule has 2 aromatic heterocycles. The molecule has 0 unspecified atom stereocenters. The minimum Gasteiger partial charge on any atom is -0.340 e. The number of aromatic nitrogens is 4. The largest absolute Gasteiger partial charge is 0.340 e. The molecule has 4 rings (SSSR count). The molecule has 30 heavy (non-hydrogen) atoms. The minimum atomic E-state index is -0.216. The zero-order chi connectivity index (χ0) is 20.8. The number of hydrogen-bond acceptors (Lipinski definition) is 5. The van der Waals surface area contributed by atoms with Crippen LogP contribution in [0.3, 0.4) is 0 Å². The Morgan fingerprint density at radius 2 is 1.77 bits per heavy atom. The molecule has 0 radical (unpaired) electrons. The van der Waals surface area contributed by atoms with E-state index in [9.17, 15) is 4.79 Å². The van der Waals surface area contributed by atoms with Gasteiger partial charge in [0.25, 0.3) is 0 Å². The van der Waals surface area contributed by atoms with E-state index in [-0.39, 0.29) is 5.91 Å². The second-order valence-corrected chi connectivity index (χ2v) is 6.74. The summed E-state index contributed by atoms with van der Waals surface area (Å²) in [5, 5.41) is 6.70. The zero-order valence-electron chi connectivity index (χ0n) is 15.7. The number of benzene rings is 2. The lowest BCUT2D eigenvalue weighted by molar-refractivity contribution is -0.111. The number of rotatable bonds is 6. The Morgan fingerprint density at radius 1 is 1.00 bits per heavy atom. The quantitative estimate of drug-likeness (QED) is 0.444. The summed E-state index contributed by atoms with van der Waals surface area (Å²) in [6.07, 6.45) is 9.87. The molecule has 2 heterocycles. The van der Waals surface area contributed by atoms with E-state index in [0.29, 0.717) is 22.3 Å². The van der Waals surface area contributed by atoms with E-state index in [0.717, 1.165) is 11.3 Å². The molecular weight excluding hydrogens is 400 g/mol. The van der Waals surface area contributed by atoms with Gasteiger partial charge in [0.2, 0.25) is 5.91 Å². The first-order chi connectivity index (χ1) is 14.7. The fraction of sp³-hybridized carbons (Fsp3) is 0. The van der Waals surface area contributed by atoms with Crippen molar-refractivity contribution < 1.29 is 4.79 Å². The number of imidazole rings is 1. The number of halogens is 1. The topological polar surface area (TPSA) is 84.7 Å². The molecule has 0 fully saturated rings. The molecule has 0 atom stereocenters. The van der Waals surface area contributed by atoms with E-state index >= 15 is 0 Å². The van der Waals surface area contributed by atoms with Gasteiger partial charge in [-0.05, 0) is 48.0 Å². The van der Waals surface area contributed by atoms with E-state index in [4.69, 9.17) is 11.6 Å².